The van der Waals surface area contributed by atoms with Crippen LogP contribution in [0.4, 0.5) is 0 Å². The second kappa shape index (κ2) is 9.13. The van der Waals surface area contributed by atoms with Crippen molar-refractivity contribution in [2.75, 3.05) is 19.6 Å². The summed E-state index contributed by atoms with van der Waals surface area (Å²) < 4.78 is 0. The van der Waals surface area contributed by atoms with Gasteiger partial charge in [-0.05, 0) is 50.7 Å². The summed E-state index contributed by atoms with van der Waals surface area (Å²) in [4.78, 5) is 33.7. The molecule has 25 heavy (non-hydrogen) atoms. The van der Waals surface area contributed by atoms with E-state index in [1.54, 1.807) is 36.7 Å². The molecule has 0 aliphatic rings. The highest BCUT2D eigenvalue weighted by Crippen LogP contribution is 2.13. The van der Waals surface area contributed by atoms with Gasteiger partial charge in [0.25, 0.3) is 11.5 Å². The molecule has 2 rings (SSSR count). The van der Waals surface area contributed by atoms with Gasteiger partial charge in [0.05, 0.1) is 0 Å². The molecule has 0 fully saturated rings. The first-order chi connectivity index (χ1) is 12.0. The Balaban J connectivity index is 2.06. The smallest absolute Gasteiger partial charge is 0.261 e. The minimum Gasteiger partial charge on any atom is -0.348 e. The molecule has 0 unspecified atom stereocenters. The fourth-order valence-corrected chi connectivity index (χ4v) is 2.78. The van der Waals surface area contributed by atoms with Crippen molar-refractivity contribution < 1.29 is 4.79 Å². The Labute approximate surface area is 148 Å². The molecule has 0 aliphatic carbocycles. The number of pyridine rings is 2. The Kier molecular flexibility index (Phi) is 6.89. The molecule has 0 saturated heterocycles. The number of nitrogens with one attached hydrogen (secondary N) is 2. The highest BCUT2D eigenvalue weighted by Gasteiger charge is 2.15. The highest BCUT2D eigenvalue weighted by atomic mass is 16.2. The van der Waals surface area contributed by atoms with Gasteiger partial charge in [-0.1, -0.05) is 13.8 Å². The molecular formula is C19H26N4O2. The molecule has 0 aliphatic heterocycles. The van der Waals surface area contributed by atoms with Gasteiger partial charge in [0.15, 0.2) is 0 Å². The van der Waals surface area contributed by atoms with Gasteiger partial charge in [-0.15, -0.1) is 0 Å². The standard InChI is InChI=1S/C19H26N4O2/c1-4-12-23(5-2)13-14(3)21-18(24)16-6-7-17(22-19(16)25)15-8-10-20-11-9-15/h6-11,14H,4-5,12-13H2,1-3H3,(H,21,24)(H,22,25)/t14-/m1/s1. The lowest BCUT2D eigenvalue weighted by atomic mass is 10.1. The number of aromatic amines is 1. The third kappa shape index (κ3) is 5.26. The molecule has 0 spiro atoms. The van der Waals surface area contributed by atoms with Gasteiger partial charge in [0.2, 0.25) is 0 Å². The van der Waals surface area contributed by atoms with Crippen LogP contribution in [0.25, 0.3) is 11.3 Å². The number of likely N-dealkylation sites (N-methyl/N-ethyl adjacent to an activating group) is 1. The van der Waals surface area contributed by atoms with Crippen molar-refractivity contribution in [2.45, 2.75) is 33.2 Å². The summed E-state index contributed by atoms with van der Waals surface area (Å²) in [6, 6.07) is 6.89. The second-order valence-electron chi connectivity index (χ2n) is 6.12. The lowest BCUT2D eigenvalue weighted by molar-refractivity contribution is 0.0928. The molecule has 2 aromatic heterocycles. The first-order valence-corrected chi connectivity index (χ1v) is 8.72. The van der Waals surface area contributed by atoms with Crippen molar-refractivity contribution >= 4 is 5.91 Å². The highest BCUT2D eigenvalue weighted by molar-refractivity contribution is 5.94. The molecule has 0 aromatic carbocycles. The molecule has 2 aromatic rings. The van der Waals surface area contributed by atoms with Gasteiger partial charge in [0, 0.05) is 36.2 Å². The number of nitrogens with zero attached hydrogens (tertiary/aromatic N) is 2. The van der Waals surface area contributed by atoms with E-state index in [1.165, 1.54) is 0 Å². The van der Waals surface area contributed by atoms with Crippen LogP contribution in [0, 0.1) is 0 Å². The van der Waals surface area contributed by atoms with Crippen molar-refractivity contribution in [3.63, 3.8) is 0 Å². The molecule has 2 heterocycles. The van der Waals surface area contributed by atoms with Crippen LogP contribution in [-0.4, -0.2) is 46.5 Å². The van der Waals surface area contributed by atoms with E-state index in [9.17, 15) is 9.59 Å². The Morgan fingerprint density at radius 3 is 2.56 bits per heavy atom. The molecule has 2 N–H and O–H groups in total. The van der Waals surface area contributed by atoms with Gasteiger partial charge in [-0.25, -0.2) is 0 Å². The van der Waals surface area contributed by atoms with Gasteiger partial charge >= 0.3 is 0 Å². The molecule has 134 valence electrons. The minimum absolute atomic E-state index is 0.0294. The van der Waals surface area contributed by atoms with Crippen LogP contribution in [0.2, 0.25) is 0 Å². The van der Waals surface area contributed by atoms with Crippen molar-refractivity contribution in [1.29, 1.82) is 0 Å². The fraction of sp³-hybridized carbons (Fsp3) is 0.421. The molecule has 0 bridgehead atoms. The summed E-state index contributed by atoms with van der Waals surface area (Å²) in [5.74, 6) is -0.345. The van der Waals surface area contributed by atoms with Crippen LogP contribution in [0.5, 0.6) is 0 Å². The largest absolute Gasteiger partial charge is 0.348 e. The Bertz CT molecular complexity index is 743. The zero-order valence-corrected chi connectivity index (χ0v) is 15.1. The maximum atomic E-state index is 12.4. The number of rotatable bonds is 8. The predicted molar refractivity (Wildman–Crippen MR) is 99.6 cm³/mol. The van der Waals surface area contributed by atoms with E-state index in [4.69, 9.17) is 0 Å². The third-order valence-electron chi connectivity index (χ3n) is 4.04. The maximum Gasteiger partial charge on any atom is 0.261 e. The number of aromatic nitrogens is 2. The number of carbonyl (C=O) groups excluding carboxylic acids is 1. The summed E-state index contributed by atoms with van der Waals surface area (Å²) in [5, 5.41) is 2.91. The predicted octanol–water partition coefficient (Wildman–Crippen LogP) is 2.29. The van der Waals surface area contributed by atoms with Crippen LogP contribution in [0.15, 0.2) is 41.5 Å². The van der Waals surface area contributed by atoms with E-state index >= 15 is 0 Å². The number of amides is 1. The third-order valence-corrected chi connectivity index (χ3v) is 4.04. The maximum absolute atomic E-state index is 12.4. The average Bonchev–Trinajstić information content (AvgIpc) is 2.61. The first-order valence-electron chi connectivity index (χ1n) is 8.72. The molecule has 1 atom stereocenters. The van der Waals surface area contributed by atoms with Gasteiger partial charge in [-0.2, -0.15) is 0 Å². The zero-order valence-electron chi connectivity index (χ0n) is 15.1. The Morgan fingerprint density at radius 2 is 1.96 bits per heavy atom. The number of H-pyrrole nitrogens is 1. The molecular weight excluding hydrogens is 316 g/mol. The number of carbonyl (C=O) groups is 1. The van der Waals surface area contributed by atoms with E-state index in [1.807, 2.05) is 6.92 Å². The van der Waals surface area contributed by atoms with Crippen LogP contribution in [-0.2, 0) is 0 Å². The number of hydrogen-bond donors (Lipinski definition) is 2. The normalized spacial score (nSPS) is 12.2. The summed E-state index contributed by atoms with van der Waals surface area (Å²) in [7, 11) is 0. The zero-order chi connectivity index (χ0) is 18.2. The molecule has 0 saturated carbocycles. The van der Waals surface area contributed by atoms with Crippen LogP contribution >= 0.6 is 0 Å². The summed E-state index contributed by atoms with van der Waals surface area (Å²) in [5.41, 5.74) is 1.26. The molecule has 6 heteroatoms. The fourth-order valence-electron chi connectivity index (χ4n) is 2.78. The van der Waals surface area contributed by atoms with Gasteiger partial charge < -0.3 is 15.2 Å². The van der Waals surface area contributed by atoms with Crippen molar-refractivity contribution in [3.05, 3.63) is 52.6 Å². The summed E-state index contributed by atoms with van der Waals surface area (Å²) in [6.45, 7) is 8.90. The minimum atomic E-state index is -0.389. The van der Waals surface area contributed by atoms with Crippen molar-refractivity contribution in [2.24, 2.45) is 0 Å². The van der Waals surface area contributed by atoms with E-state index in [0.29, 0.717) is 5.69 Å². The van der Waals surface area contributed by atoms with E-state index in [0.717, 1.165) is 31.6 Å². The van der Waals surface area contributed by atoms with E-state index < -0.39 is 0 Å². The molecule has 0 radical (unpaired) electrons. The Morgan fingerprint density at radius 1 is 1.24 bits per heavy atom. The van der Waals surface area contributed by atoms with Crippen molar-refractivity contribution in [1.82, 2.24) is 20.2 Å². The van der Waals surface area contributed by atoms with Gasteiger partial charge in [-0.3, -0.25) is 14.6 Å². The summed E-state index contributed by atoms with van der Waals surface area (Å²) in [6.07, 6.45) is 4.39. The monoisotopic (exact) mass is 342 g/mol. The number of hydrogen-bond acceptors (Lipinski definition) is 4. The quantitative estimate of drug-likeness (QED) is 0.771. The summed E-state index contributed by atoms with van der Waals surface area (Å²) >= 11 is 0. The second-order valence-corrected chi connectivity index (χ2v) is 6.12. The molecule has 6 nitrogen and oxygen atoms in total. The van der Waals surface area contributed by atoms with E-state index in [2.05, 4.69) is 34.0 Å². The molecule has 1 amide bonds. The average molecular weight is 342 g/mol. The van der Waals surface area contributed by atoms with Crippen LogP contribution in [0.3, 0.4) is 0 Å². The van der Waals surface area contributed by atoms with E-state index in [-0.39, 0.29) is 23.1 Å². The van der Waals surface area contributed by atoms with Crippen LogP contribution < -0.4 is 10.9 Å². The Hall–Kier alpha value is -2.47. The first kappa shape index (κ1) is 18.9. The van der Waals surface area contributed by atoms with Gasteiger partial charge in [0.1, 0.15) is 5.56 Å². The topological polar surface area (TPSA) is 78.1 Å². The van der Waals surface area contributed by atoms with Crippen LogP contribution in [0.1, 0.15) is 37.6 Å². The lowest BCUT2D eigenvalue weighted by Gasteiger charge is -2.24. The lowest BCUT2D eigenvalue weighted by Crippen LogP contribution is -2.43. The SMILES string of the molecule is CCCN(CC)C[C@@H](C)NC(=O)c1ccc(-c2ccncc2)[nH]c1=O. The van der Waals surface area contributed by atoms with Crippen molar-refractivity contribution in [3.8, 4) is 11.3 Å².